The first-order valence-electron chi connectivity index (χ1n) is 3.34. The molecule has 1 aromatic carbocycles. The Bertz CT molecular complexity index is 278. The first-order chi connectivity index (χ1) is 5.66. The predicted octanol–water partition coefficient (Wildman–Crippen LogP) is 3.42. The minimum atomic E-state index is -0.601. The SMILES string of the molecule is OC(CBr)c1cccc(Cl)c1Cl. The molecule has 0 amide bonds. The van der Waals surface area contributed by atoms with Crippen LogP contribution in [-0.4, -0.2) is 10.4 Å². The monoisotopic (exact) mass is 268 g/mol. The van der Waals surface area contributed by atoms with Crippen LogP contribution in [0.4, 0.5) is 0 Å². The number of aliphatic hydroxyl groups excluding tert-OH is 1. The maximum Gasteiger partial charge on any atom is 0.0901 e. The largest absolute Gasteiger partial charge is 0.387 e. The van der Waals surface area contributed by atoms with E-state index in [1.54, 1.807) is 18.2 Å². The average molecular weight is 270 g/mol. The molecule has 0 saturated carbocycles. The molecule has 12 heavy (non-hydrogen) atoms. The molecule has 1 rings (SSSR count). The van der Waals surface area contributed by atoms with E-state index in [4.69, 9.17) is 23.2 Å². The lowest BCUT2D eigenvalue weighted by Gasteiger charge is -2.09. The summed E-state index contributed by atoms with van der Waals surface area (Å²) in [6.45, 7) is 0. The van der Waals surface area contributed by atoms with Crippen LogP contribution in [-0.2, 0) is 0 Å². The quantitative estimate of drug-likeness (QED) is 0.816. The molecule has 0 spiro atoms. The first kappa shape index (κ1) is 10.3. The Hall–Kier alpha value is 0.240. The Kier molecular flexibility index (Phi) is 3.84. The van der Waals surface area contributed by atoms with Gasteiger partial charge in [0.2, 0.25) is 0 Å². The van der Waals surface area contributed by atoms with Crippen molar-refractivity contribution in [3.8, 4) is 0 Å². The van der Waals surface area contributed by atoms with Gasteiger partial charge in [-0.05, 0) is 6.07 Å². The lowest BCUT2D eigenvalue weighted by Crippen LogP contribution is -1.98. The van der Waals surface area contributed by atoms with Crippen molar-refractivity contribution in [3.63, 3.8) is 0 Å². The van der Waals surface area contributed by atoms with Gasteiger partial charge >= 0.3 is 0 Å². The third-order valence-corrected chi connectivity index (χ3v) is 2.93. The molecule has 1 nitrogen and oxygen atoms in total. The van der Waals surface area contributed by atoms with Crippen LogP contribution in [0.3, 0.4) is 0 Å². The zero-order valence-corrected chi connectivity index (χ0v) is 9.20. The van der Waals surface area contributed by atoms with E-state index >= 15 is 0 Å². The number of aliphatic hydroxyl groups is 1. The van der Waals surface area contributed by atoms with Gasteiger partial charge in [0.05, 0.1) is 16.1 Å². The summed E-state index contributed by atoms with van der Waals surface area (Å²) in [4.78, 5) is 0. The molecule has 0 aliphatic carbocycles. The third kappa shape index (κ3) is 2.13. The van der Waals surface area contributed by atoms with E-state index in [-0.39, 0.29) is 0 Å². The fourth-order valence-electron chi connectivity index (χ4n) is 0.861. The number of alkyl halides is 1. The fourth-order valence-corrected chi connectivity index (χ4v) is 1.64. The van der Waals surface area contributed by atoms with Crippen molar-refractivity contribution < 1.29 is 5.11 Å². The summed E-state index contributed by atoms with van der Waals surface area (Å²) < 4.78 is 0. The van der Waals surface area contributed by atoms with Crippen LogP contribution in [0.1, 0.15) is 11.7 Å². The highest BCUT2D eigenvalue weighted by atomic mass is 79.9. The molecule has 0 fully saturated rings. The molecule has 1 unspecified atom stereocenters. The molecule has 0 bridgehead atoms. The molecule has 0 aliphatic heterocycles. The van der Waals surface area contributed by atoms with E-state index in [2.05, 4.69) is 15.9 Å². The zero-order chi connectivity index (χ0) is 9.14. The molecule has 0 saturated heterocycles. The van der Waals surface area contributed by atoms with Crippen molar-refractivity contribution in [1.29, 1.82) is 0 Å². The second-order valence-electron chi connectivity index (χ2n) is 2.31. The van der Waals surface area contributed by atoms with Crippen LogP contribution in [0.2, 0.25) is 10.0 Å². The zero-order valence-electron chi connectivity index (χ0n) is 6.10. The molecule has 0 radical (unpaired) electrons. The van der Waals surface area contributed by atoms with Gasteiger partial charge in [-0.15, -0.1) is 0 Å². The van der Waals surface area contributed by atoms with Gasteiger partial charge in [-0.2, -0.15) is 0 Å². The summed E-state index contributed by atoms with van der Waals surface area (Å²) >= 11 is 14.8. The summed E-state index contributed by atoms with van der Waals surface area (Å²) in [6, 6.07) is 5.20. The van der Waals surface area contributed by atoms with Crippen LogP contribution in [0.25, 0.3) is 0 Å². The van der Waals surface area contributed by atoms with Gasteiger partial charge in [0.25, 0.3) is 0 Å². The predicted molar refractivity (Wildman–Crippen MR) is 55.2 cm³/mol. The van der Waals surface area contributed by atoms with Crippen molar-refractivity contribution in [1.82, 2.24) is 0 Å². The number of hydrogen-bond acceptors (Lipinski definition) is 1. The van der Waals surface area contributed by atoms with E-state index in [1.807, 2.05) is 0 Å². The molecule has 4 heteroatoms. The molecule has 0 aromatic heterocycles. The van der Waals surface area contributed by atoms with Crippen molar-refractivity contribution in [2.24, 2.45) is 0 Å². The van der Waals surface area contributed by atoms with Crippen LogP contribution in [0, 0.1) is 0 Å². The minimum absolute atomic E-state index is 0.422. The highest BCUT2D eigenvalue weighted by molar-refractivity contribution is 9.09. The first-order valence-corrected chi connectivity index (χ1v) is 5.22. The molecule has 0 aliphatic rings. The van der Waals surface area contributed by atoms with Crippen molar-refractivity contribution in [2.45, 2.75) is 6.10 Å². The maximum atomic E-state index is 9.44. The van der Waals surface area contributed by atoms with Crippen molar-refractivity contribution >= 4 is 39.1 Å². The van der Waals surface area contributed by atoms with Gasteiger partial charge in [0, 0.05) is 10.9 Å². The molecular weight excluding hydrogens is 263 g/mol. The fraction of sp³-hybridized carbons (Fsp3) is 0.250. The summed E-state index contributed by atoms with van der Waals surface area (Å²) in [5.74, 6) is 0. The van der Waals surface area contributed by atoms with E-state index < -0.39 is 6.10 Å². The number of benzene rings is 1. The molecule has 0 heterocycles. The highest BCUT2D eigenvalue weighted by Gasteiger charge is 2.11. The second kappa shape index (κ2) is 4.47. The molecule has 1 N–H and O–H groups in total. The Morgan fingerprint density at radius 1 is 1.42 bits per heavy atom. The lowest BCUT2D eigenvalue weighted by molar-refractivity contribution is 0.205. The van der Waals surface area contributed by atoms with Gasteiger partial charge in [-0.25, -0.2) is 0 Å². The standard InChI is InChI=1S/C8H7BrCl2O/c9-4-7(12)5-2-1-3-6(10)8(5)11/h1-3,7,12H,4H2. The Balaban J connectivity index is 3.07. The van der Waals surface area contributed by atoms with Gasteiger partial charge in [0.15, 0.2) is 0 Å². The topological polar surface area (TPSA) is 20.2 Å². The van der Waals surface area contributed by atoms with Crippen LogP contribution in [0.5, 0.6) is 0 Å². The maximum absolute atomic E-state index is 9.44. The summed E-state index contributed by atoms with van der Waals surface area (Å²) in [5, 5.41) is 10.8. The van der Waals surface area contributed by atoms with Gasteiger partial charge in [0.1, 0.15) is 0 Å². The van der Waals surface area contributed by atoms with Crippen LogP contribution < -0.4 is 0 Å². The highest BCUT2D eigenvalue weighted by Crippen LogP contribution is 2.30. The van der Waals surface area contributed by atoms with E-state index in [1.165, 1.54) is 0 Å². The van der Waals surface area contributed by atoms with E-state index in [9.17, 15) is 5.11 Å². The molecule has 1 aromatic rings. The van der Waals surface area contributed by atoms with Crippen LogP contribution >= 0.6 is 39.1 Å². The number of rotatable bonds is 2. The number of hydrogen-bond donors (Lipinski definition) is 1. The summed E-state index contributed by atoms with van der Waals surface area (Å²) in [5.41, 5.74) is 0.654. The van der Waals surface area contributed by atoms with Gasteiger partial charge in [-0.3, -0.25) is 0 Å². The van der Waals surface area contributed by atoms with Crippen LogP contribution in [0.15, 0.2) is 18.2 Å². The van der Waals surface area contributed by atoms with E-state index in [0.717, 1.165) is 0 Å². The van der Waals surface area contributed by atoms with Crippen molar-refractivity contribution in [3.05, 3.63) is 33.8 Å². The van der Waals surface area contributed by atoms with Gasteiger partial charge in [-0.1, -0.05) is 51.3 Å². The summed E-state index contributed by atoms with van der Waals surface area (Å²) in [6.07, 6.45) is -0.601. The molecular formula is C8H7BrCl2O. The molecule has 66 valence electrons. The lowest BCUT2D eigenvalue weighted by atomic mass is 10.1. The summed E-state index contributed by atoms with van der Waals surface area (Å²) in [7, 11) is 0. The van der Waals surface area contributed by atoms with Gasteiger partial charge < -0.3 is 5.11 Å². The van der Waals surface area contributed by atoms with E-state index in [0.29, 0.717) is 20.9 Å². The average Bonchev–Trinajstić information content (AvgIpc) is 2.08. The number of halogens is 3. The second-order valence-corrected chi connectivity index (χ2v) is 3.75. The van der Waals surface area contributed by atoms with Crippen molar-refractivity contribution in [2.75, 3.05) is 5.33 Å². The Morgan fingerprint density at radius 3 is 2.67 bits per heavy atom. The Morgan fingerprint density at radius 2 is 2.08 bits per heavy atom. The molecule has 1 atom stereocenters. The Labute approximate surface area is 89.4 Å². The third-order valence-electron chi connectivity index (χ3n) is 1.49. The minimum Gasteiger partial charge on any atom is -0.387 e. The smallest absolute Gasteiger partial charge is 0.0901 e. The normalized spacial score (nSPS) is 13.0.